The highest BCUT2D eigenvalue weighted by Crippen LogP contribution is 2.38. The second-order valence-corrected chi connectivity index (χ2v) is 13.9. The molecule has 11 nitrogen and oxygen atoms in total. The van der Waals surface area contributed by atoms with E-state index in [1.807, 2.05) is 28.8 Å². The number of fused-ring (bicyclic) bond motifs is 1. The molecule has 8 rings (SSSR count). The Bertz CT molecular complexity index is 2370. The summed E-state index contributed by atoms with van der Waals surface area (Å²) < 4.78 is 57.8. The molecule has 56 heavy (non-hydrogen) atoms. The topological polar surface area (TPSA) is 109 Å². The maximum Gasteiger partial charge on any atom is 0.259 e. The molecule has 14 heteroatoms. The average molecular weight is 763 g/mol. The molecule has 0 spiro atoms. The maximum absolute atomic E-state index is 15.9. The maximum atomic E-state index is 15.9. The third-order valence-corrected chi connectivity index (χ3v) is 10.6. The van der Waals surface area contributed by atoms with E-state index in [0.29, 0.717) is 51.5 Å². The normalized spacial score (nSPS) is 15.2. The molecular weight excluding hydrogens is 722 g/mol. The number of carbonyl (C=O) groups excluding carboxylic acids is 1. The molecule has 2 fully saturated rings. The zero-order valence-electron chi connectivity index (χ0n) is 31.1. The van der Waals surface area contributed by atoms with E-state index in [4.69, 9.17) is 19.4 Å². The van der Waals surface area contributed by atoms with Crippen LogP contribution in [0.1, 0.15) is 42.5 Å². The van der Waals surface area contributed by atoms with Crippen molar-refractivity contribution in [2.75, 3.05) is 55.9 Å². The standard InChI is InChI=1S/C42H41F3N8O3/c1-55-35-13-12-26(23-28(35)41(54)50-39-29(43)9-8-10-30(39)44)38-40(53-20-7-4-11-37(53)49-38)32-14-17-46-42(47-32)48-33-24-31(45)34(25-36(33)56-2)52-21-15-27(16-22-52)51-18-5-3-6-19-51/h4,7-14,17,20,23-25,27H,3,5-6,15-16,18-19,21-22H2,1-2H3,(H,50,54)(H,46,47,48). The number of nitrogens with one attached hydrogen (secondary N) is 2. The Kier molecular flexibility index (Phi) is 10.5. The van der Waals surface area contributed by atoms with Crippen LogP contribution in [0.4, 0.5) is 36.2 Å². The molecule has 0 saturated carbocycles. The quantitative estimate of drug-likeness (QED) is 0.142. The first-order chi connectivity index (χ1) is 27.3. The Morgan fingerprint density at radius 1 is 0.804 bits per heavy atom. The monoisotopic (exact) mass is 762 g/mol. The van der Waals surface area contributed by atoms with Crippen LogP contribution in [0.2, 0.25) is 0 Å². The van der Waals surface area contributed by atoms with Gasteiger partial charge in [-0.1, -0.05) is 18.6 Å². The van der Waals surface area contributed by atoms with Gasteiger partial charge in [-0.3, -0.25) is 9.20 Å². The minimum Gasteiger partial charge on any atom is -0.496 e. The van der Waals surface area contributed by atoms with Crippen LogP contribution in [0.3, 0.4) is 0 Å². The fourth-order valence-corrected chi connectivity index (χ4v) is 7.75. The summed E-state index contributed by atoms with van der Waals surface area (Å²) in [5.41, 5.74) is 2.94. The highest BCUT2D eigenvalue weighted by molar-refractivity contribution is 6.07. The highest BCUT2D eigenvalue weighted by Gasteiger charge is 2.28. The second kappa shape index (κ2) is 15.9. The minimum absolute atomic E-state index is 0.0321. The summed E-state index contributed by atoms with van der Waals surface area (Å²) in [6, 6.07) is 19.1. The Morgan fingerprint density at radius 3 is 2.32 bits per heavy atom. The number of para-hydroxylation sites is 1. The zero-order chi connectivity index (χ0) is 38.8. The van der Waals surface area contributed by atoms with Crippen molar-refractivity contribution in [3.8, 4) is 34.1 Å². The molecule has 2 saturated heterocycles. The molecule has 1 amide bonds. The summed E-state index contributed by atoms with van der Waals surface area (Å²) in [7, 11) is 2.94. The lowest BCUT2D eigenvalue weighted by atomic mass is 9.99. The van der Waals surface area contributed by atoms with Crippen LogP contribution in [0.25, 0.3) is 28.3 Å². The third-order valence-electron chi connectivity index (χ3n) is 10.6. The van der Waals surface area contributed by atoms with Gasteiger partial charge in [0.1, 0.15) is 40.3 Å². The lowest BCUT2D eigenvalue weighted by Crippen LogP contribution is -2.46. The van der Waals surface area contributed by atoms with Gasteiger partial charge in [0.25, 0.3) is 5.91 Å². The van der Waals surface area contributed by atoms with E-state index in [-0.39, 0.29) is 23.1 Å². The molecular formula is C42H41F3N8O3. The number of ether oxygens (including phenoxy) is 2. The number of hydrogen-bond acceptors (Lipinski definition) is 9. The van der Waals surface area contributed by atoms with Gasteiger partial charge in [-0.25, -0.2) is 28.1 Å². The van der Waals surface area contributed by atoms with E-state index in [2.05, 4.69) is 25.4 Å². The first-order valence-electron chi connectivity index (χ1n) is 18.7. The summed E-state index contributed by atoms with van der Waals surface area (Å²) in [5.74, 6) is -2.15. The molecule has 0 bridgehead atoms. The lowest BCUT2D eigenvalue weighted by Gasteiger charge is -2.41. The molecule has 3 aromatic heterocycles. The molecule has 6 aromatic rings. The molecule has 2 aliphatic rings. The van der Waals surface area contributed by atoms with Gasteiger partial charge in [-0.05, 0) is 87.3 Å². The van der Waals surface area contributed by atoms with Gasteiger partial charge in [0.05, 0.1) is 48.2 Å². The number of benzene rings is 3. The molecule has 0 unspecified atom stereocenters. The van der Waals surface area contributed by atoms with E-state index >= 15 is 4.39 Å². The molecule has 5 heterocycles. The van der Waals surface area contributed by atoms with E-state index in [1.165, 1.54) is 38.5 Å². The van der Waals surface area contributed by atoms with E-state index in [9.17, 15) is 13.6 Å². The number of piperidine rings is 2. The third kappa shape index (κ3) is 7.31. The molecule has 288 valence electrons. The van der Waals surface area contributed by atoms with Crippen molar-refractivity contribution in [1.82, 2.24) is 24.3 Å². The fourth-order valence-electron chi connectivity index (χ4n) is 7.75. The van der Waals surface area contributed by atoms with E-state index < -0.39 is 23.2 Å². The summed E-state index contributed by atoms with van der Waals surface area (Å²) in [4.78, 5) is 32.3. The Labute approximate surface area is 322 Å². The zero-order valence-corrected chi connectivity index (χ0v) is 31.1. The number of nitrogens with zero attached hydrogens (tertiary/aromatic N) is 6. The van der Waals surface area contributed by atoms with Gasteiger partial charge in [0.15, 0.2) is 0 Å². The molecule has 2 aliphatic heterocycles. The molecule has 0 radical (unpaired) electrons. The number of rotatable bonds is 10. The minimum atomic E-state index is -0.913. The van der Waals surface area contributed by atoms with Crippen LogP contribution >= 0.6 is 0 Å². The average Bonchev–Trinajstić information content (AvgIpc) is 3.62. The smallest absolute Gasteiger partial charge is 0.259 e. The summed E-state index contributed by atoms with van der Waals surface area (Å²) >= 11 is 0. The summed E-state index contributed by atoms with van der Waals surface area (Å²) in [5, 5.41) is 5.49. The van der Waals surface area contributed by atoms with Crippen LogP contribution in [0.5, 0.6) is 11.5 Å². The molecule has 0 atom stereocenters. The largest absolute Gasteiger partial charge is 0.496 e. The van der Waals surface area contributed by atoms with Gasteiger partial charge in [0.2, 0.25) is 5.95 Å². The Balaban J connectivity index is 1.09. The van der Waals surface area contributed by atoms with Crippen molar-refractivity contribution in [2.45, 2.75) is 38.1 Å². The van der Waals surface area contributed by atoms with Gasteiger partial charge in [0, 0.05) is 49.2 Å². The van der Waals surface area contributed by atoms with Gasteiger partial charge in [-0.2, -0.15) is 0 Å². The number of imidazole rings is 1. The van der Waals surface area contributed by atoms with Crippen molar-refractivity contribution < 1.29 is 27.4 Å². The second-order valence-electron chi connectivity index (χ2n) is 13.9. The number of anilines is 4. The fraction of sp³-hybridized carbons (Fsp3) is 0.286. The van der Waals surface area contributed by atoms with Crippen molar-refractivity contribution in [3.05, 3.63) is 108 Å². The number of pyridine rings is 1. The number of amides is 1. The van der Waals surface area contributed by atoms with Crippen LogP contribution in [0, 0.1) is 17.5 Å². The van der Waals surface area contributed by atoms with Crippen LogP contribution < -0.4 is 25.0 Å². The van der Waals surface area contributed by atoms with E-state index in [1.54, 1.807) is 43.6 Å². The van der Waals surface area contributed by atoms with Gasteiger partial charge < -0.3 is 29.9 Å². The first kappa shape index (κ1) is 36.8. The SMILES string of the molecule is COc1cc(N2CCC(N3CCCCC3)CC2)c(F)cc1Nc1nccc(-c2c(-c3ccc(OC)c(C(=O)Nc4c(F)cccc4F)c3)nc3ccccn23)n1. The first-order valence-corrected chi connectivity index (χ1v) is 18.7. The predicted octanol–water partition coefficient (Wildman–Crippen LogP) is 8.34. The van der Waals surface area contributed by atoms with Crippen LogP contribution in [0.15, 0.2) is 85.2 Å². The van der Waals surface area contributed by atoms with Crippen molar-refractivity contribution in [2.24, 2.45) is 0 Å². The lowest BCUT2D eigenvalue weighted by molar-refractivity contribution is 0.102. The van der Waals surface area contributed by atoms with Gasteiger partial charge in [-0.15, -0.1) is 0 Å². The van der Waals surface area contributed by atoms with Gasteiger partial charge >= 0.3 is 0 Å². The number of likely N-dealkylation sites (tertiary alicyclic amines) is 1. The molecule has 3 aromatic carbocycles. The van der Waals surface area contributed by atoms with E-state index in [0.717, 1.165) is 51.2 Å². The summed E-state index contributed by atoms with van der Waals surface area (Å²) in [6.45, 7) is 3.84. The number of hydrogen-bond donors (Lipinski definition) is 2. The predicted molar refractivity (Wildman–Crippen MR) is 209 cm³/mol. The number of methoxy groups -OCH3 is 2. The Hall–Kier alpha value is -6.15. The number of carbonyl (C=O) groups is 1. The van der Waals surface area contributed by atoms with Crippen LogP contribution in [-0.4, -0.2) is 76.6 Å². The number of halogens is 3. The van der Waals surface area contributed by atoms with Crippen LogP contribution in [-0.2, 0) is 0 Å². The summed E-state index contributed by atoms with van der Waals surface area (Å²) in [6.07, 6.45) is 9.20. The highest BCUT2D eigenvalue weighted by atomic mass is 19.1. The Morgan fingerprint density at radius 2 is 1.57 bits per heavy atom. The van der Waals surface area contributed by atoms with Crippen molar-refractivity contribution in [3.63, 3.8) is 0 Å². The van der Waals surface area contributed by atoms with Crippen molar-refractivity contribution in [1.29, 1.82) is 0 Å². The molecule has 0 aliphatic carbocycles. The number of aromatic nitrogens is 4. The molecule has 2 N–H and O–H groups in total. The van der Waals surface area contributed by atoms with Crippen molar-refractivity contribution >= 4 is 34.6 Å².